The van der Waals surface area contributed by atoms with Gasteiger partial charge >= 0.3 is 11.9 Å². The molecule has 2 aromatic rings. The van der Waals surface area contributed by atoms with Crippen molar-refractivity contribution in [3.8, 4) is 0 Å². The molecule has 0 saturated carbocycles. The van der Waals surface area contributed by atoms with Crippen molar-refractivity contribution < 1.29 is 24.0 Å². The van der Waals surface area contributed by atoms with Gasteiger partial charge in [0.25, 0.3) is 5.69 Å². The van der Waals surface area contributed by atoms with E-state index in [0.717, 1.165) is 5.56 Å². The Balaban J connectivity index is 1.85. The number of likely N-dealkylation sites (N-methyl/N-ethyl adjacent to an activating group) is 1. The molecule has 0 aliphatic carbocycles. The average molecular weight is 522 g/mol. The summed E-state index contributed by atoms with van der Waals surface area (Å²) in [6.45, 7) is 10.3. The molecule has 0 bridgehead atoms. The van der Waals surface area contributed by atoms with Crippen molar-refractivity contribution in [3.63, 3.8) is 0 Å². The van der Waals surface area contributed by atoms with Crippen LogP contribution in [0.4, 0.5) is 5.69 Å². The summed E-state index contributed by atoms with van der Waals surface area (Å²) in [5, 5.41) is 14.6. The first-order valence-corrected chi connectivity index (χ1v) is 12.5. The first-order chi connectivity index (χ1) is 18.0. The molecular weight excluding hydrogens is 486 g/mol. The van der Waals surface area contributed by atoms with Crippen molar-refractivity contribution in [3.05, 3.63) is 97.9 Å². The molecule has 1 aliphatic rings. The number of carbonyl (C=O) groups is 2. The predicted molar refractivity (Wildman–Crippen MR) is 144 cm³/mol. The molecule has 0 spiro atoms. The van der Waals surface area contributed by atoms with Crippen LogP contribution in [0.25, 0.3) is 0 Å². The molecule has 1 atom stereocenters. The number of hydrogen-bond acceptors (Lipinski definition) is 8. The molecule has 9 nitrogen and oxygen atoms in total. The van der Waals surface area contributed by atoms with E-state index in [4.69, 9.17) is 9.47 Å². The van der Waals surface area contributed by atoms with Crippen molar-refractivity contribution in [2.45, 2.75) is 53.2 Å². The lowest BCUT2D eigenvalue weighted by Crippen LogP contribution is -2.34. The van der Waals surface area contributed by atoms with Crippen LogP contribution < -0.4 is 5.32 Å². The summed E-state index contributed by atoms with van der Waals surface area (Å²) in [4.78, 5) is 39.6. The minimum Gasteiger partial charge on any atom is -0.461 e. The van der Waals surface area contributed by atoms with Crippen LogP contribution in [-0.2, 0) is 25.6 Å². The third-order valence-electron chi connectivity index (χ3n) is 6.24. The maximum atomic E-state index is 13.4. The number of aryl methyl sites for hydroxylation is 1. The lowest BCUT2D eigenvalue weighted by molar-refractivity contribution is -0.384. The summed E-state index contributed by atoms with van der Waals surface area (Å²) in [7, 11) is 1.94. The zero-order valence-corrected chi connectivity index (χ0v) is 22.7. The van der Waals surface area contributed by atoms with E-state index in [1.807, 2.05) is 18.9 Å². The third kappa shape index (κ3) is 7.07. The summed E-state index contributed by atoms with van der Waals surface area (Å²) >= 11 is 0. The van der Waals surface area contributed by atoms with Crippen molar-refractivity contribution >= 4 is 17.6 Å². The molecule has 0 amide bonds. The number of nitrogens with one attached hydrogen (secondary N) is 1. The van der Waals surface area contributed by atoms with E-state index in [1.54, 1.807) is 33.8 Å². The number of hydrogen-bond donors (Lipinski definition) is 1. The summed E-state index contributed by atoms with van der Waals surface area (Å²) in [6, 6.07) is 14.2. The molecule has 2 aromatic carbocycles. The molecule has 0 radical (unpaired) electrons. The van der Waals surface area contributed by atoms with Gasteiger partial charge in [-0.15, -0.1) is 0 Å². The van der Waals surface area contributed by atoms with Crippen LogP contribution in [0.15, 0.2) is 71.1 Å². The minimum absolute atomic E-state index is 0.133. The number of rotatable bonds is 10. The van der Waals surface area contributed by atoms with Gasteiger partial charge in [-0.2, -0.15) is 0 Å². The highest BCUT2D eigenvalue weighted by Gasteiger charge is 2.38. The van der Waals surface area contributed by atoms with Crippen LogP contribution in [-0.4, -0.2) is 48.1 Å². The Hall–Kier alpha value is -3.98. The van der Waals surface area contributed by atoms with Crippen LogP contribution in [0.5, 0.6) is 0 Å². The second-order valence-corrected chi connectivity index (χ2v) is 9.80. The lowest BCUT2D eigenvalue weighted by Gasteiger charge is -2.31. The van der Waals surface area contributed by atoms with Gasteiger partial charge < -0.3 is 14.8 Å². The fraction of sp³-hybridized carbons (Fsp3) is 0.379. The van der Waals surface area contributed by atoms with E-state index in [0.29, 0.717) is 30.0 Å². The maximum absolute atomic E-state index is 13.4. The smallest absolute Gasteiger partial charge is 0.337 e. The monoisotopic (exact) mass is 521 g/mol. The Morgan fingerprint density at radius 1 is 1.03 bits per heavy atom. The topological polar surface area (TPSA) is 111 Å². The number of nitro groups is 1. The number of ether oxygens (including phenoxy) is 2. The second-order valence-electron chi connectivity index (χ2n) is 9.80. The van der Waals surface area contributed by atoms with E-state index in [1.165, 1.54) is 23.8 Å². The molecule has 1 aliphatic heterocycles. The summed E-state index contributed by atoms with van der Waals surface area (Å²) < 4.78 is 11.1. The normalized spacial score (nSPS) is 15.5. The first-order valence-electron chi connectivity index (χ1n) is 12.5. The maximum Gasteiger partial charge on any atom is 0.337 e. The number of dihydropyridines is 1. The molecule has 0 saturated heterocycles. The first kappa shape index (κ1) is 28.6. The van der Waals surface area contributed by atoms with Crippen LogP contribution >= 0.6 is 0 Å². The van der Waals surface area contributed by atoms with E-state index < -0.39 is 22.8 Å². The quantitative estimate of drug-likeness (QED) is 0.271. The van der Waals surface area contributed by atoms with Gasteiger partial charge in [0.05, 0.1) is 28.1 Å². The van der Waals surface area contributed by atoms with E-state index in [2.05, 4.69) is 29.6 Å². The third-order valence-corrected chi connectivity index (χ3v) is 6.24. The number of nitrogens with zero attached hydrogens (tertiary/aromatic N) is 2. The Morgan fingerprint density at radius 2 is 1.66 bits per heavy atom. The highest BCUT2D eigenvalue weighted by atomic mass is 16.6. The average Bonchev–Trinajstić information content (AvgIpc) is 2.84. The SMILES string of the molecule is CC1=C(C(=O)OCCN(C)Cc2ccc(C)cc2)C(c2cccc([N+](=O)[O-])c2)C(C(=O)OC(C)C)=C(C)N1. The van der Waals surface area contributed by atoms with Crippen LogP contribution in [0, 0.1) is 17.0 Å². The standard InChI is InChI=1S/C29H35N3O6/c1-18(2)38-29(34)26-21(5)30-20(4)25(27(26)23-8-7-9-24(16-23)32(35)36)28(33)37-15-14-31(6)17-22-12-10-19(3)11-13-22/h7-13,16,18,27,30H,14-15,17H2,1-6H3. The molecule has 38 heavy (non-hydrogen) atoms. The van der Waals surface area contributed by atoms with Crippen molar-refractivity contribution in [2.24, 2.45) is 0 Å². The number of carbonyl (C=O) groups excluding carboxylic acids is 2. The summed E-state index contributed by atoms with van der Waals surface area (Å²) in [6.07, 6.45) is -0.389. The summed E-state index contributed by atoms with van der Waals surface area (Å²) in [5.74, 6) is -2.09. The molecular formula is C29H35N3O6. The molecule has 0 aromatic heterocycles. The molecule has 1 unspecified atom stereocenters. The van der Waals surface area contributed by atoms with Crippen molar-refractivity contribution in [1.82, 2.24) is 10.2 Å². The number of nitro benzene ring substituents is 1. The fourth-order valence-electron chi connectivity index (χ4n) is 4.42. The minimum atomic E-state index is -0.889. The van der Waals surface area contributed by atoms with E-state index in [9.17, 15) is 19.7 Å². The largest absolute Gasteiger partial charge is 0.461 e. The van der Waals surface area contributed by atoms with Crippen LogP contribution in [0.2, 0.25) is 0 Å². The van der Waals surface area contributed by atoms with Gasteiger partial charge in [0.2, 0.25) is 0 Å². The predicted octanol–water partition coefficient (Wildman–Crippen LogP) is 4.76. The van der Waals surface area contributed by atoms with Gasteiger partial charge in [-0.25, -0.2) is 9.59 Å². The van der Waals surface area contributed by atoms with Gasteiger partial charge in [0.15, 0.2) is 0 Å². The van der Waals surface area contributed by atoms with Gasteiger partial charge in [-0.1, -0.05) is 42.0 Å². The van der Waals surface area contributed by atoms with Crippen LogP contribution in [0.1, 0.15) is 50.3 Å². The summed E-state index contributed by atoms with van der Waals surface area (Å²) in [5.41, 5.74) is 4.09. The highest BCUT2D eigenvalue weighted by Crippen LogP contribution is 2.40. The Bertz CT molecular complexity index is 1260. The Kier molecular flexibility index (Phi) is 9.41. The van der Waals surface area contributed by atoms with Crippen LogP contribution in [0.3, 0.4) is 0 Å². The number of esters is 2. The molecule has 9 heteroatoms. The van der Waals surface area contributed by atoms with E-state index in [-0.39, 0.29) is 29.5 Å². The fourth-order valence-corrected chi connectivity index (χ4v) is 4.42. The molecule has 202 valence electrons. The van der Waals surface area contributed by atoms with Gasteiger partial charge in [0, 0.05) is 36.6 Å². The van der Waals surface area contributed by atoms with Gasteiger partial charge in [-0.05, 0) is 52.8 Å². The number of benzene rings is 2. The van der Waals surface area contributed by atoms with Crippen molar-refractivity contribution in [1.29, 1.82) is 0 Å². The van der Waals surface area contributed by atoms with Gasteiger partial charge in [-0.3, -0.25) is 15.0 Å². The van der Waals surface area contributed by atoms with Gasteiger partial charge in [0.1, 0.15) is 6.61 Å². The molecule has 1 N–H and O–H groups in total. The molecule has 0 fully saturated rings. The number of non-ortho nitro benzene ring substituents is 1. The number of allylic oxidation sites excluding steroid dienone is 2. The van der Waals surface area contributed by atoms with E-state index >= 15 is 0 Å². The Labute approximate surface area is 223 Å². The molecule has 3 rings (SSSR count). The lowest BCUT2D eigenvalue weighted by atomic mass is 9.80. The van der Waals surface area contributed by atoms with Crippen molar-refractivity contribution in [2.75, 3.05) is 20.2 Å². The zero-order valence-electron chi connectivity index (χ0n) is 22.7. The highest BCUT2D eigenvalue weighted by molar-refractivity contribution is 6.00. The Morgan fingerprint density at radius 3 is 2.26 bits per heavy atom. The second kappa shape index (κ2) is 12.5. The zero-order chi connectivity index (χ0) is 28.0. The molecule has 1 heterocycles.